The highest BCUT2D eigenvalue weighted by atomic mass is 14.5. The summed E-state index contributed by atoms with van der Waals surface area (Å²) in [6.45, 7) is 0. The van der Waals surface area contributed by atoms with Crippen LogP contribution in [0.5, 0.6) is 0 Å². The minimum Gasteiger partial charge on any atom is -0.0622 e. The summed E-state index contributed by atoms with van der Waals surface area (Å²) in [7, 11) is 0. The smallest absolute Gasteiger partial charge is 0.0622 e. The molecule has 0 atom stereocenters. The summed E-state index contributed by atoms with van der Waals surface area (Å²) in [6.07, 6.45) is 0. The van der Waals surface area contributed by atoms with Crippen LogP contribution in [0.1, 0.15) is 22.3 Å². The van der Waals surface area contributed by atoms with Crippen molar-refractivity contribution in [2.75, 3.05) is 0 Å². The molecule has 0 nitrogen and oxygen atoms in total. The van der Waals surface area contributed by atoms with Gasteiger partial charge in [-0.25, -0.2) is 0 Å². The second-order valence-corrected chi connectivity index (χ2v) is 15.9. The average Bonchev–Trinajstić information content (AvgIpc) is 3.62. The summed E-state index contributed by atoms with van der Waals surface area (Å²) >= 11 is 0. The molecule has 1 aliphatic rings. The number of fused-ring (bicyclic) bond motifs is 2. The highest BCUT2D eigenvalue weighted by Gasteiger charge is 2.45. The monoisotopic (exact) mass is 746 g/mol. The van der Waals surface area contributed by atoms with Crippen molar-refractivity contribution in [2.45, 2.75) is 5.41 Å². The highest BCUT2D eigenvalue weighted by Crippen LogP contribution is 2.57. The Bertz CT molecular complexity index is 3300. The fraction of sp³-hybridized carbons (Fsp3) is 0.0169. The lowest BCUT2D eigenvalue weighted by molar-refractivity contribution is 0.772. The highest BCUT2D eigenvalue weighted by molar-refractivity contribution is 6.23. The molecule has 0 aromatic heterocycles. The van der Waals surface area contributed by atoms with Crippen molar-refractivity contribution < 1.29 is 0 Å². The van der Waals surface area contributed by atoms with Crippen LogP contribution in [0.25, 0.3) is 87.6 Å². The second kappa shape index (κ2) is 13.3. The standard InChI is InChI=1S/C59H38/c1-4-17-39(18-5-1)47-24-10-11-25-48(47)40-31-33-42(34-32-40)55-49-26-12-14-28-51(49)56(52-29-15-13-27-50(52)55)44-37-43-36-35-41-19-16-30-53-57(41)58(43)54(38-44)59(53,45-20-6-2-7-21-45)46-22-8-3-9-23-46/h1-38H. The van der Waals surface area contributed by atoms with Crippen molar-refractivity contribution in [1.29, 1.82) is 0 Å². The maximum atomic E-state index is 2.54. The predicted molar refractivity (Wildman–Crippen MR) is 250 cm³/mol. The van der Waals surface area contributed by atoms with Gasteiger partial charge in [0.15, 0.2) is 0 Å². The zero-order chi connectivity index (χ0) is 38.9. The van der Waals surface area contributed by atoms with Crippen molar-refractivity contribution >= 4 is 43.1 Å². The Morgan fingerprint density at radius 1 is 0.254 bits per heavy atom. The van der Waals surface area contributed by atoms with Crippen molar-refractivity contribution in [2.24, 2.45) is 0 Å². The molecule has 0 unspecified atom stereocenters. The Labute approximate surface area is 344 Å². The van der Waals surface area contributed by atoms with E-state index in [1.165, 1.54) is 110 Å². The summed E-state index contributed by atoms with van der Waals surface area (Å²) in [6, 6.07) is 85.6. The van der Waals surface area contributed by atoms with Crippen LogP contribution in [0.15, 0.2) is 231 Å². The lowest BCUT2D eigenvalue weighted by atomic mass is 9.67. The molecule has 11 aromatic rings. The van der Waals surface area contributed by atoms with Gasteiger partial charge in [0.2, 0.25) is 0 Å². The number of hydrogen-bond acceptors (Lipinski definition) is 0. The largest absolute Gasteiger partial charge is 0.0714 e. The van der Waals surface area contributed by atoms with Gasteiger partial charge in [-0.05, 0) is 122 Å². The molecule has 0 bridgehead atoms. The van der Waals surface area contributed by atoms with Gasteiger partial charge in [0, 0.05) is 0 Å². The first-order valence-corrected chi connectivity index (χ1v) is 20.6. The van der Waals surface area contributed by atoms with Gasteiger partial charge in [0.25, 0.3) is 0 Å². The molecule has 0 N–H and O–H groups in total. The molecule has 0 amide bonds. The van der Waals surface area contributed by atoms with Gasteiger partial charge < -0.3 is 0 Å². The fourth-order valence-electron chi connectivity index (χ4n) is 10.5. The van der Waals surface area contributed by atoms with Crippen molar-refractivity contribution in [3.05, 3.63) is 253 Å². The molecule has 274 valence electrons. The van der Waals surface area contributed by atoms with Crippen LogP contribution in [0.3, 0.4) is 0 Å². The Balaban J connectivity index is 1.11. The molecule has 0 spiro atoms. The molecule has 0 saturated carbocycles. The minimum absolute atomic E-state index is 0.480. The van der Waals surface area contributed by atoms with E-state index in [4.69, 9.17) is 0 Å². The predicted octanol–water partition coefficient (Wildman–Crippen LogP) is 15.7. The zero-order valence-electron chi connectivity index (χ0n) is 32.4. The summed E-state index contributed by atoms with van der Waals surface area (Å²) < 4.78 is 0. The Hall–Kier alpha value is -7.54. The van der Waals surface area contributed by atoms with E-state index >= 15 is 0 Å². The molecule has 0 fully saturated rings. The van der Waals surface area contributed by atoms with E-state index in [9.17, 15) is 0 Å². The lowest BCUT2D eigenvalue weighted by Crippen LogP contribution is -2.28. The maximum absolute atomic E-state index is 2.54. The van der Waals surface area contributed by atoms with Crippen LogP contribution in [-0.4, -0.2) is 0 Å². The van der Waals surface area contributed by atoms with E-state index in [-0.39, 0.29) is 0 Å². The van der Waals surface area contributed by atoms with E-state index < -0.39 is 5.41 Å². The van der Waals surface area contributed by atoms with Crippen LogP contribution >= 0.6 is 0 Å². The molecule has 0 heterocycles. The van der Waals surface area contributed by atoms with Gasteiger partial charge in [-0.3, -0.25) is 0 Å². The third-order valence-corrected chi connectivity index (χ3v) is 12.9. The maximum Gasteiger partial charge on any atom is 0.0714 e. The Morgan fingerprint density at radius 3 is 1.27 bits per heavy atom. The van der Waals surface area contributed by atoms with Crippen LogP contribution in [-0.2, 0) is 5.41 Å². The fourth-order valence-corrected chi connectivity index (χ4v) is 10.5. The normalized spacial score (nSPS) is 12.9. The van der Waals surface area contributed by atoms with E-state index in [2.05, 4.69) is 231 Å². The van der Waals surface area contributed by atoms with Gasteiger partial charge >= 0.3 is 0 Å². The minimum atomic E-state index is -0.480. The molecule has 0 aliphatic heterocycles. The number of hydrogen-bond donors (Lipinski definition) is 0. The van der Waals surface area contributed by atoms with Crippen LogP contribution < -0.4 is 0 Å². The topological polar surface area (TPSA) is 0 Å². The first kappa shape index (κ1) is 33.6. The van der Waals surface area contributed by atoms with Crippen molar-refractivity contribution in [1.82, 2.24) is 0 Å². The summed E-state index contributed by atoms with van der Waals surface area (Å²) in [5.41, 5.74) is 14.7. The first-order chi connectivity index (χ1) is 29.3. The van der Waals surface area contributed by atoms with Crippen LogP contribution in [0.4, 0.5) is 0 Å². The average molecular weight is 747 g/mol. The van der Waals surface area contributed by atoms with E-state index in [0.29, 0.717) is 0 Å². The molecule has 0 heteroatoms. The second-order valence-electron chi connectivity index (χ2n) is 15.9. The Morgan fingerprint density at radius 2 is 0.695 bits per heavy atom. The van der Waals surface area contributed by atoms with E-state index in [0.717, 1.165) is 0 Å². The molecular formula is C59H38. The van der Waals surface area contributed by atoms with Gasteiger partial charge in [0.1, 0.15) is 0 Å². The third-order valence-electron chi connectivity index (χ3n) is 12.9. The lowest BCUT2D eigenvalue weighted by Gasteiger charge is -2.34. The summed E-state index contributed by atoms with van der Waals surface area (Å²) in [4.78, 5) is 0. The van der Waals surface area contributed by atoms with Gasteiger partial charge in [-0.1, -0.05) is 218 Å². The first-order valence-electron chi connectivity index (χ1n) is 20.6. The molecule has 59 heavy (non-hydrogen) atoms. The number of benzene rings is 11. The quantitative estimate of drug-likeness (QED) is 0.117. The van der Waals surface area contributed by atoms with Crippen molar-refractivity contribution in [3.63, 3.8) is 0 Å². The molecule has 12 rings (SSSR count). The zero-order valence-corrected chi connectivity index (χ0v) is 32.4. The summed E-state index contributed by atoms with van der Waals surface area (Å²) in [5, 5.41) is 10.3. The van der Waals surface area contributed by atoms with E-state index in [1.54, 1.807) is 0 Å². The molecule has 1 aliphatic carbocycles. The van der Waals surface area contributed by atoms with Crippen LogP contribution in [0.2, 0.25) is 0 Å². The van der Waals surface area contributed by atoms with Crippen molar-refractivity contribution in [3.8, 4) is 44.5 Å². The number of rotatable bonds is 6. The van der Waals surface area contributed by atoms with Crippen LogP contribution in [0, 0.1) is 0 Å². The van der Waals surface area contributed by atoms with E-state index in [1.807, 2.05) is 0 Å². The van der Waals surface area contributed by atoms with Gasteiger partial charge in [0.05, 0.1) is 5.41 Å². The third kappa shape index (κ3) is 4.97. The molecule has 11 aromatic carbocycles. The molecule has 0 saturated heterocycles. The SMILES string of the molecule is c1ccc(-c2ccccc2-c2ccc(-c3c4ccccc4c(-c4cc5c6c(ccc7cccc(c76)C5(c5ccccc5)c5ccccc5)c4)c4ccccc34)cc2)cc1. The molecule has 0 radical (unpaired) electrons. The van der Waals surface area contributed by atoms with Gasteiger partial charge in [-0.2, -0.15) is 0 Å². The molecular weight excluding hydrogens is 709 g/mol. The summed E-state index contributed by atoms with van der Waals surface area (Å²) in [5.74, 6) is 0. The Kier molecular flexibility index (Phi) is 7.55. The van der Waals surface area contributed by atoms with Gasteiger partial charge in [-0.15, -0.1) is 0 Å².